The van der Waals surface area contributed by atoms with Crippen molar-refractivity contribution in [2.45, 2.75) is 0 Å². The Hall–Kier alpha value is -0.970. The zero-order valence-electron chi connectivity index (χ0n) is 6.03. The fourth-order valence-electron chi connectivity index (χ4n) is 0.351. The molecule has 0 heterocycles. The number of aliphatic carboxylic acids is 1. The van der Waals surface area contributed by atoms with Crippen molar-refractivity contribution >= 4 is 23.6 Å². The number of nitrogens with one attached hydrogen (secondary N) is 1. The zero-order chi connectivity index (χ0) is 8.69. The van der Waals surface area contributed by atoms with E-state index >= 15 is 0 Å². The standard InChI is InChI=1S/C6H9NO3S/c1-11-3-2-5(8)7-4-6(9)10/h2-3H,4H2,1H3,(H,7,8)(H,9,10)/b3-2+. The largest absolute Gasteiger partial charge is 0.480 e. The van der Waals surface area contributed by atoms with Crippen LogP contribution in [0.1, 0.15) is 0 Å². The first kappa shape index (κ1) is 10.0. The van der Waals surface area contributed by atoms with Crippen molar-refractivity contribution in [2.24, 2.45) is 0 Å². The summed E-state index contributed by atoms with van der Waals surface area (Å²) in [5, 5.41) is 11.9. The van der Waals surface area contributed by atoms with Gasteiger partial charge in [-0.2, -0.15) is 0 Å². The molecule has 0 saturated heterocycles. The maximum Gasteiger partial charge on any atom is 0.322 e. The Balaban J connectivity index is 3.53. The second kappa shape index (κ2) is 5.79. The Bertz CT molecular complexity index is 179. The quantitative estimate of drug-likeness (QED) is 0.593. The Labute approximate surface area is 68.7 Å². The minimum absolute atomic E-state index is 0.336. The minimum Gasteiger partial charge on any atom is -0.480 e. The average molecular weight is 175 g/mol. The molecule has 0 saturated carbocycles. The van der Waals surface area contributed by atoms with Gasteiger partial charge in [0.2, 0.25) is 5.91 Å². The Morgan fingerprint density at radius 1 is 1.64 bits per heavy atom. The lowest BCUT2D eigenvalue weighted by Crippen LogP contribution is -2.27. The highest BCUT2D eigenvalue weighted by Crippen LogP contribution is 1.91. The number of hydrogen-bond donors (Lipinski definition) is 2. The lowest BCUT2D eigenvalue weighted by atomic mass is 10.5. The van der Waals surface area contributed by atoms with Gasteiger partial charge in [-0.3, -0.25) is 9.59 Å². The van der Waals surface area contributed by atoms with E-state index in [4.69, 9.17) is 5.11 Å². The first-order chi connectivity index (χ1) is 5.16. The average Bonchev–Trinajstić information content (AvgIpc) is 1.97. The molecule has 1 amide bonds. The number of rotatable bonds is 4. The topological polar surface area (TPSA) is 66.4 Å². The van der Waals surface area contributed by atoms with Gasteiger partial charge in [0.15, 0.2) is 0 Å². The number of carbonyl (C=O) groups is 2. The van der Waals surface area contributed by atoms with E-state index in [9.17, 15) is 9.59 Å². The van der Waals surface area contributed by atoms with Crippen molar-refractivity contribution in [3.05, 3.63) is 11.5 Å². The highest BCUT2D eigenvalue weighted by molar-refractivity contribution is 8.01. The van der Waals surface area contributed by atoms with Gasteiger partial charge in [-0.05, 0) is 11.7 Å². The number of thioether (sulfide) groups is 1. The summed E-state index contributed by atoms with van der Waals surface area (Å²) < 4.78 is 0. The lowest BCUT2D eigenvalue weighted by molar-refractivity contribution is -0.137. The van der Waals surface area contributed by atoms with Crippen LogP contribution in [-0.4, -0.2) is 29.8 Å². The molecule has 62 valence electrons. The van der Waals surface area contributed by atoms with Crippen LogP contribution in [0.2, 0.25) is 0 Å². The van der Waals surface area contributed by atoms with E-state index in [-0.39, 0.29) is 12.5 Å². The van der Waals surface area contributed by atoms with Crippen LogP contribution in [0.3, 0.4) is 0 Å². The summed E-state index contributed by atoms with van der Waals surface area (Å²) in [4.78, 5) is 20.6. The number of carboxylic acid groups (broad SMARTS) is 1. The number of carboxylic acids is 1. The molecule has 0 aromatic rings. The SMILES string of the molecule is CS/C=C/C(=O)NCC(=O)O. The maximum absolute atomic E-state index is 10.6. The van der Waals surface area contributed by atoms with E-state index in [1.165, 1.54) is 17.8 Å². The minimum atomic E-state index is -1.05. The van der Waals surface area contributed by atoms with Gasteiger partial charge < -0.3 is 10.4 Å². The molecule has 0 aliphatic carbocycles. The molecule has 0 radical (unpaired) electrons. The van der Waals surface area contributed by atoms with Crippen molar-refractivity contribution in [3.8, 4) is 0 Å². The van der Waals surface area contributed by atoms with Gasteiger partial charge in [0.1, 0.15) is 6.54 Å². The third-order valence-electron chi connectivity index (χ3n) is 0.769. The van der Waals surface area contributed by atoms with Gasteiger partial charge in [-0.25, -0.2) is 0 Å². The zero-order valence-corrected chi connectivity index (χ0v) is 6.85. The highest BCUT2D eigenvalue weighted by atomic mass is 32.2. The van der Waals surface area contributed by atoms with Gasteiger partial charge >= 0.3 is 5.97 Å². The summed E-state index contributed by atoms with van der Waals surface area (Å²) in [5.41, 5.74) is 0. The monoisotopic (exact) mass is 175 g/mol. The summed E-state index contributed by atoms with van der Waals surface area (Å²) in [6, 6.07) is 0. The molecular formula is C6H9NO3S. The molecule has 0 rings (SSSR count). The molecule has 4 nitrogen and oxygen atoms in total. The molecule has 0 spiro atoms. The van der Waals surface area contributed by atoms with E-state index in [0.29, 0.717) is 0 Å². The van der Waals surface area contributed by atoms with Gasteiger partial charge in [0.05, 0.1) is 0 Å². The van der Waals surface area contributed by atoms with Crippen LogP contribution in [0.4, 0.5) is 0 Å². The first-order valence-corrected chi connectivity index (χ1v) is 4.14. The molecule has 0 fully saturated rings. The van der Waals surface area contributed by atoms with Gasteiger partial charge in [-0.1, -0.05) is 0 Å². The highest BCUT2D eigenvalue weighted by Gasteiger charge is 1.97. The number of amides is 1. The third-order valence-corrected chi connectivity index (χ3v) is 1.18. The molecule has 0 unspecified atom stereocenters. The summed E-state index contributed by atoms with van der Waals surface area (Å²) in [6.45, 7) is -0.336. The molecule has 2 N–H and O–H groups in total. The fourth-order valence-corrected chi connectivity index (χ4v) is 0.611. The van der Waals surface area contributed by atoms with Crippen LogP contribution < -0.4 is 5.32 Å². The molecular weight excluding hydrogens is 166 g/mol. The molecule has 0 aromatic heterocycles. The molecule has 5 heteroatoms. The third kappa shape index (κ3) is 6.92. The summed E-state index contributed by atoms with van der Waals surface area (Å²) in [5.74, 6) is -1.43. The predicted octanol–water partition coefficient (Wildman–Crippen LogP) is 0.0639. The van der Waals surface area contributed by atoms with E-state index in [1.54, 1.807) is 11.7 Å². The van der Waals surface area contributed by atoms with Crippen molar-refractivity contribution < 1.29 is 14.7 Å². The molecule has 0 aromatic carbocycles. The van der Waals surface area contributed by atoms with Crippen molar-refractivity contribution in [1.29, 1.82) is 0 Å². The van der Waals surface area contributed by atoms with Crippen LogP contribution in [0.15, 0.2) is 11.5 Å². The first-order valence-electron chi connectivity index (χ1n) is 2.85. The van der Waals surface area contributed by atoms with E-state index < -0.39 is 5.97 Å². The second-order valence-electron chi connectivity index (χ2n) is 1.65. The second-order valence-corrected chi connectivity index (χ2v) is 2.39. The van der Waals surface area contributed by atoms with Crippen molar-refractivity contribution in [3.63, 3.8) is 0 Å². The summed E-state index contributed by atoms with van der Waals surface area (Å²) >= 11 is 1.38. The normalized spacial score (nSPS) is 9.91. The van der Waals surface area contributed by atoms with Crippen LogP contribution in [0, 0.1) is 0 Å². The molecule has 11 heavy (non-hydrogen) atoms. The van der Waals surface area contributed by atoms with E-state index in [1.807, 2.05) is 0 Å². The summed E-state index contributed by atoms with van der Waals surface area (Å²) in [6.07, 6.45) is 3.09. The van der Waals surface area contributed by atoms with Crippen LogP contribution in [0.25, 0.3) is 0 Å². The van der Waals surface area contributed by atoms with Gasteiger partial charge in [0, 0.05) is 6.08 Å². The smallest absolute Gasteiger partial charge is 0.322 e. The molecule has 0 bridgehead atoms. The number of hydrogen-bond acceptors (Lipinski definition) is 3. The van der Waals surface area contributed by atoms with Gasteiger partial charge in [-0.15, -0.1) is 11.8 Å². The van der Waals surface area contributed by atoms with Crippen molar-refractivity contribution in [1.82, 2.24) is 5.32 Å². The van der Waals surface area contributed by atoms with E-state index in [2.05, 4.69) is 5.32 Å². The Morgan fingerprint density at radius 2 is 2.27 bits per heavy atom. The maximum atomic E-state index is 10.6. The van der Waals surface area contributed by atoms with Crippen molar-refractivity contribution in [2.75, 3.05) is 12.8 Å². The predicted molar refractivity (Wildman–Crippen MR) is 43.3 cm³/mol. The Morgan fingerprint density at radius 3 is 2.73 bits per heavy atom. The molecule has 0 aliphatic rings. The Kier molecular flexibility index (Phi) is 5.28. The lowest BCUT2D eigenvalue weighted by Gasteiger charge is -1.94. The summed E-state index contributed by atoms with van der Waals surface area (Å²) in [7, 11) is 0. The molecule has 0 atom stereocenters. The van der Waals surface area contributed by atoms with Crippen LogP contribution in [-0.2, 0) is 9.59 Å². The molecule has 0 aliphatic heterocycles. The van der Waals surface area contributed by atoms with Crippen LogP contribution in [0.5, 0.6) is 0 Å². The van der Waals surface area contributed by atoms with Crippen LogP contribution >= 0.6 is 11.8 Å². The van der Waals surface area contributed by atoms with E-state index in [0.717, 1.165) is 0 Å². The number of carbonyl (C=O) groups excluding carboxylic acids is 1. The van der Waals surface area contributed by atoms with Gasteiger partial charge in [0.25, 0.3) is 0 Å². The fraction of sp³-hybridized carbons (Fsp3) is 0.333.